The molecule has 118 valence electrons. The molecule has 0 saturated carbocycles. The number of carbonyl (C=O) groups is 1. The summed E-state index contributed by atoms with van der Waals surface area (Å²) in [5, 5.41) is 6.28. The molecule has 0 amide bonds. The van der Waals surface area contributed by atoms with Crippen molar-refractivity contribution in [2.45, 2.75) is 24.8 Å². The summed E-state index contributed by atoms with van der Waals surface area (Å²) in [6.45, 7) is 3.19. The molecule has 0 bridgehead atoms. The second-order valence-corrected chi connectivity index (χ2v) is 6.32. The third-order valence-electron chi connectivity index (χ3n) is 3.15. The highest BCUT2D eigenvalue weighted by molar-refractivity contribution is 7.89. The fourth-order valence-electron chi connectivity index (χ4n) is 2.01. The number of nitrogens with one attached hydrogen (secondary N) is 2. The van der Waals surface area contributed by atoms with Crippen LogP contribution in [-0.2, 0) is 14.8 Å². The zero-order valence-electron chi connectivity index (χ0n) is 12.3. The van der Waals surface area contributed by atoms with Gasteiger partial charge in [-0.2, -0.15) is 5.10 Å². The maximum atomic E-state index is 12.5. The molecule has 1 atom stereocenters. The average molecular weight is 324 g/mol. The number of hydrogen-bond donors (Lipinski definition) is 2. The summed E-state index contributed by atoms with van der Waals surface area (Å²) in [7, 11) is -2.58. The lowest BCUT2D eigenvalue weighted by Crippen LogP contribution is -2.28. The maximum absolute atomic E-state index is 12.5. The highest BCUT2D eigenvalue weighted by Gasteiger charge is 2.24. The zero-order valence-corrected chi connectivity index (χ0v) is 13.1. The number of esters is 1. The molecule has 0 spiro atoms. The van der Waals surface area contributed by atoms with E-state index in [0.29, 0.717) is 11.4 Å². The molecule has 8 nitrogen and oxygen atoms in total. The van der Waals surface area contributed by atoms with Crippen LogP contribution in [0.2, 0.25) is 0 Å². The highest BCUT2D eigenvalue weighted by Crippen LogP contribution is 2.21. The van der Waals surface area contributed by atoms with Crippen molar-refractivity contribution in [1.29, 1.82) is 0 Å². The maximum Gasteiger partial charge on any atom is 0.338 e. The van der Waals surface area contributed by atoms with Crippen LogP contribution in [0.3, 0.4) is 0 Å². The fourth-order valence-corrected chi connectivity index (χ4v) is 3.49. The lowest BCUT2D eigenvalue weighted by atomic mass is 10.1. The normalized spacial score (nSPS) is 12.9. The van der Waals surface area contributed by atoms with Crippen molar-refractivity contribution >= 4 is 16.0 Å². The van der Waals surface area contributed by atoms with Gasteiger partial charge in [0.25, 0.3) is 0 Å². The Hall–Kier alpha value is -2.26. The second-order valence-electron chi connectivity index (χ2n) is 4.63. The number of sulfonamides is 1. The van der Waals surface area contributed by atoms with Crippen LogP contribution in [0.1, 0.15) is 34.7 Å². The molecule has 1 aromatic heterocycles. The molecule has 1 aromatic carbocycles. The number of aromatic nitrogens is 3. The van der Waals surface area contributed by atoms with Crippen molar-refractivity contribution < 1.29 is 17.9 Å². The van der Waals surface area contributed by atoms with Gasteiger partial charge in [-0.25, -0.2) is 22.9 Å². The number of methoxy groups -OCH3 is 1. The number of aromatic amines is 1. The molecular weight excluding hydrogens is 308 g/mol. The van der Waals surface area contributed by atoms with Gasteiger partial charge in [0, 0.05) is 0 Å². The van der Waals surface area contributed by atoms with Gasteiger partial charge in [0.1, 0.15) is 12.2 Å². The van der Waals surface area contributed by atoms with Gasteiger partial charge in [0.05, 0.1) is 23.6 Å². The van der Waals surface area contributed by atoms with E-state index in [9.17, 15) is 13.2 Å². The Morgan fingerprint density at radius 1 is 1.41 bits per heavy atom. The lowest BCUT2D eigenvalue weighted by molar-refractivity contribution is 0.0599. The summed E-state index contributed by atoms with van der Waals surface area (Å²) < 4.78 is 32.1. The van der Waals surface area contributed by atoms with Crippen LogP contribution in [0.5, 0.6) is 0 Å². The number of benzene rings is 1. The second kappa shape index (κ2) is 6.24. The van der Waals surface area contributed by atoms with Crippen molar-refractivity contribution in [3.8, 4) is 0 Å². The number of ether oxygens (including phenoxy) is 1. The van der Waals surface area contributed by atoms with Crippen LogP contribution in [0.4, 0.5) is 0 Å². The Morgan fingerprint density at radius 2 is 2.14 bits per heavy atom. The van der Waals surface area contributed by atoms with Crippen molar-refractivity contribution in [3.63, 3.8) is 0 Å². The van der Waals surface area contributed by atoms with Crippen LogP contribution >= 0.6 is 0 Å². The Balaban J connectivity index is 2.36. The molecule has 0 aliphatic heterocycles. The monoisotopic (exact) mass is 324 g/mol. The van der Waals surface area contributed by atoms with Crippen molar-refractivity contribution in [2.75, 3.05) is 7.11 Å². The first-order valence-corrected chi connectivity index (χ1v) is 7.90. The molecule has 0 aliphatic carbocycles. The van der Waals surface area contributed by atoms with E-state index in [4.69, 9.17) is 0 Å². The standard InChI is InChI=1S/C13H16N4O4S/c1-8-10(13(18)21-3)5-4-6-11(8)22(19,20)17-9(2)12-14-7-15-16-12/h4-7,9,17H,1-3H3,(H,14,15,16)/t9-/m1/s1. The van der Waals surface area contributed by atoms with E-state index < -0.39 is 22.0 Å². The lowest BCUT2D eigenvalue weighted by Gasteiger charge is -2.14. The third kappa shape index (κ3) is 3.15. The first-order valence-electron chi connectivity index (χ1n) is 6.42. The smallest absolute Gasteiger partial charge is 0.338 e. The van der Waals surface area contributed by atoms with Gasteiger partial charge in [-0.15, -0.1) is 0 Å². The van der Waals surface area contributed by atoms with Crippen LogP contribution in [-0.4, -0.2) is 36.7 Å². The van der Waals surface area contributed by atoms with Gasteiger partial charge in [-0.3, -0.25) is 5.10 Å². The summed E-state index contributed by atoms with van der Waals surface area (Å²) in [6.07, 6.45) is 1.29. The number of nitrogens with zero attached hydrogens (tertiary/aromatic N) is 2. The number of carbonyl (C=O) groups excluding carboxylic acids is 1. The zero-order chi connectivity index (χ0) is 16.3. The van der Waals surface area contributed by atoms with Gasteiger partial charge in [0.2, 0.25) is 10.0 Å². The summed E-state index contributed by atoms with van der Waals surface area (Å²) in [6, 6.07) is 3.85. The molecule has 0 fully saturated rings. The molecule has 1 heterocycles. The summed E-state index contributed by atoms with van der Waals surface area (Å²) in [4.78, 5) is 15.6. The highest BCUT2D eigenvalue weighted by atomic mass is 32.2. The van der Waals surface area contributed by atoms with Gasteiger partial charge in [-0.1, -0.05) is 6.07 Å². The van der Waals surface area contributed by atoms with E-state index >= 15 is 0 Å². The van der Waals surface area contributed by atoms with E-state index in [1.165, 1.54) is 31.6 Å². The van der Waals surface area contributed by atoms with Crippen LogP contribution in [0.15, 0.2) is 29.4 Å². The van der Waals surface area contributed by atoms with Gasteiger partial charge in [0.15, 0.2) is 0 Å². The molecule has 22 heavy (non-hydrogen) atoms. The van der Waals surface area contributed by atoms with E-state index in [1.54, 1.807) is 13.8 Å². The Bertz CT molecular complexity index is 771. The minimum atomic E-state index is -3.83. The predicted molar refractivity (Wildman–Crippen MR) is 77.6 cm³/mol. The number of hydrogen-bond acceptors (Lipinski definition) is 6. The topological polar surface area (TPSA) is 114 Å². The Morgan fingerprint density at radius 3 is 2.73 bits per heavy atom. The molecule has 2 N–H and O–H groups in total. The first kappa shape index (κ1) is 16.1. The molecule has 0 unspecified atom stereocenters. The predicted octanol–water partition coefficient (Wildman–Crippen LogP) is 0.939. The molecule has 0 aliphatic rings. The van der Waals surface area contributed by atoms with E-state index in [0.717, 1.165) is 0 Å². The van der Waals surface area contributed by atoms with E-state index in [-0.39, 0.29) is 10.5 Å². The first-order chi connectivity index (χ1) is 10.4. The molecule has 2 aromatic rings. The third-order valence-corrected chi connectivity index (χ3v) is 4.84. The summed E-state index contributed by atoms with van der Waals surface area (Å²) in [5.74, 6) is -0.191. The number of rotatable bonds is 5. The van der Waals surface area contributed by atoms with Crippen LogP contribution < -0.4 is 4.72 Å². The average Bonchev–Trinajstić information content (AvgIpc) is 3.00. The molecule has 0 radical (unpaired) electrons. The van der Waals surface area contributed by atoms with E-state index in [2.05, 4.69) is 24.6 Å². The summed E-state index contributed by atoms with van der Waals surface area (Å²) in [5.41, 5.74) is 0.532. The van der Waals surface area contributed by atoms with Crippen molar-refractivity contribution in [1.82, 2.24) is 19.9 Å². The molecular formula is C13H16N4O4S. The van der Waals surface area contributed by atoms with Gasteiger partial charge >= 0.3 is 5.97 Å². The number of H-pyrrole nitrogens is 1. The summed E-state index contributed by atoms with van der Waals surface area (Å²) >= 11 is 0. The Kier molecular flexibility index (Phi) is 4.57. The fraction of sp³-hybridized carbons (Fsp3) is 0.308. The van der Waals surface area contributed by atoms with Crippen LogP contribution in [0, 0.1) is 6.92 Å². The van der Waals surface area contributed by atoms with Crippen molar-refractivity contribution in [2.24, 2.45) is 0 Å². The Labute approximate surface area is 128 Å². The molecule has 2 rings (SSSR count). The quantitative estimate of drug-likeness (QED) is 0.791. The van der Waals surface area contributed by atoms with Gasteiger partial charge in [-0.05, 0) is 31.5 Å². The largest absolute Gasteiger partial charge is 0.465 e. The van der Waals surface area contributed by atoms with Gasteiger partial charge < -0.3 is 4.74 Å². The van der Waals surface area contributed by atoms with Crippen molar-refractivity contribution in [3.05, 3.63) is 41.5 Å². The minimum Gasteiger partial charge on any atom is -0.465 e. The van der Waals surface area contributed by atoms with Crippen LogP contribution in [0.25, 0.3) is 0 Å². The SMILES string of the molecule is COC(=O)c1cccc(S(=O)(=O)N[C@H](C)c2ncn[nH]2)c1C. The van der Waals surface area contributed by atoms with E-state index in [1.807, 2.05) is 0 Å². The molecule has 0 saturated heterocycles. The minimum absolute atomic E-state index is 0.0155. The molecule has 9 heteroatoms.